The first kappa shape index (κ1) is 19.4. The number of rotatable bonds is 6. The van der Waals surface area contributed by atoms with E-state index in [0.717, 1.165) is 5.56 Å². The van der Waals surface area contributed by atoms with Crippen molar-refractivity contribution in [2.45, 2.75) is 31.4 Å². The van der Waals surface area contributed by atoms with Gasteiger partial charge in [0, 0.05) is 19.2 Å². The van der Waals surface area contributed by atoms with Crippen LogP contribution in [-0.2, 0) is 23.5 Å². The monoisotopic (exact) mass is 417 g/mol. The van der Waals surface area contributed by atoms with Gasteiger partial charge in [-0.15, -0.1) is 0 Å². The maximum Gasteiger partial charge on any atom is 0.260 e. The van der Waals surface area contributed by atoms with Gasteiger partial charge in [0.2, 0.25) is 10.0 Å². The van der Waals surface area contributed by atoms with Gasteiger partial charge in [-0.05, 0) is 43.0 Å². The molecule has 9 heteroatoms. The van der Waals surface area contributed by atoms with Crippen LogP contribution in [0.15, 0.2) is 46.1 Å². The Hall–Kier alpha value is -2.94. The molecule has 152 valence electrons. The Bertz CT molecular complexity index is 1230. The molecule has 0 bridgehead atoms. The largest absolute Gasteiger partial charge is 0.451 e. The number of aryl methyl sites for hydroxylation is 1. The highest BCUT2D eigenvalue weighted by molar-refractivity contribution is 7.93. The predicted molar refractivity (Wildman–Crippen MR) is 107 cm³/mol. The van der Waals surface area contributed by atoms with Crippen molar-refractivity contribution in [3.63, 3.8) is 0 Å². The molecule has 2 heterocycles. The topological polar surface area (TPSA) is 94.2 Å². The van der Waals surface area contributed by atoms with Crippen molar-refractivity contribution in [3.8, 4) is 11.3 Å². The zero-order valence-corrected chi connectivity index (χ0v) is 16.8. The number of hydrogen-bond donors (Lipinski definition) is 1. The number of nitrogens with one attached hydrogen (secondary N) is 1. The molecule has 0 atom stereocenters. The van der Waals surface area contributed by atoms with Gasteiger partial charge in [-0.1, -0.05) is 12.1 Å². The number of oxazole rings is 1. The zero-order valence-electron chi connectivity index (χ0n) is 16.0. The van der Waals surface area contributed by atoms with Crippen molar-refractivity contribution in [2.75, 3.05) is 4.72 Å². The molecular formula is C20H20FN3O4S. The lowest BCUT2D eigenvalue weighted by Gasteiger charge is -2.18. The number of aromatic nitrogens is 2. The molecule has 4 rings (SSSR count). The fraction of sp³-hybridized carbons (Fsp3) is 0.300. The van der Waals surface area contributed by atoms with Gasteiger partial charge in [-0.25, -0.2) is 17.8 Å². The lowest BCUT2D eigenvalue weighted by atomic mass is 10.0. The third kappa shape index (κ3) is 3.82. The first-order valence-electron chi connectivity index (χ1n) is 9.14. The SMILES string of the molecule is Cc1ccc(Cc2c(NS(=O)(=O)C3CC3)cc(-c3cocn3)c(=O)n2C)c(F)c1. The van der Waals surface area contributed by atoms with Crippen molar-refractivity contribution in [1.29, 1.82) is 0 Å². The normalized spacial score (nSPS) is 14.2. The van der Waals surface area contributed by atoms with E-state index in [1.54, 1.807) is 19.1 Å². The summed E-state index contributed by atoms with van der Waals surface area (Å²) in [5.74, 6) is -0.408. The Morgan fingerprint density at radius 3 is 2.69 bits per heavy atom. The summed E-state index contributed by atoms with van der Waals surface area (Å²) < 4.78 is 48.4. The fourth-order valence-electron chi connectivity index (χ4n) is 3.20. The fourth-order valence-corrected chi connectivity index (χ4v) is 4.60. The van der Waals surface area contributed by atoms with Gasteiger partial charge in [0.05, 0.1) is 16.5 Å². The van der Waals surface area contributed by atoms with E-state index in [1.165, 1.54) is 36.4 Å². The van der Waals surface area contributed by atoms with E-state index < -0.39 is 21.1 Å². The second-order valence-electron chi connectivity index (χ2n) is 7.27. The number of hydrogen-bond acceptors (Lipinski definition) is 5. The second kappa shape index (κ2) is 7.14. The maximum absolute atomic E-state index is 14.4. The molecule has 1 aromatic carbocycles. The predicted octanol–water partition coefficient (Wildman–Crippen LogP) is 2.98. The number of sulfonamides is 1. The Morgan fingerprint density at radius 2 is 2.07 bits per heavy atom. The molecule has 1 fully saturated rings. The summed E-state index contributed by atoms with van der Waals surface area (Å²) in [6, 6.07) is 6.26. The van der Waals surface area contributed by atoms with Crippen molar-refractivity contribution >= 4 is 15.7 Å². The molecule has 0 saturated heterocycles. The lowest BCUT2D eigenvalue weighted by Crippen LogP contribution is -2.26. The second-order valence-corrected chi connectivity index (χ2v) is 9.24. The van der Waals surface area contributed by atoms with Gasteiger partial charge < -0.3 is 8.98 Å². The van der Waals surface area contributed by atoms with Gasteiger partial charge in [0.1, 0.15) is 17.8 Å². The molecule has 0 aliphatic heterocycles. The van der Waals surface area contributed by atoms with E-state index in [1.807, 2.05) is 0 Å². The van der Waals surface area contributed by atoms with Crippen molar-refractivity contribution in [3.05, 3.63) is 69.9 Å². The highest BCUT2D eigenvalue weighted by atomic mass is 32.2. The molecule has 2 aromatic heterocycles. The molecule has 1 aliphatic rings. The summed E-state index contributed by atoms with van der Waals surface area (Å²) in [5, 5.41) is -0.445. The number of halogens is 1. The third-order valence-electron chi connectivity index (χ3n) is 5.03. The molecule has 3 aromatic rings. The summed E-state index contributed by atoms with van der Waals surface area (Å²) in [6.07, 6.45) is 3.76. The summed E-state index contributed by atoms with van der Waals surface area (Å²) in [6.45, 7) is 1.78. The quantitative estimate of drug-likeness (QED) is 0.665. The van der Waals surface area contributed by atoms with Gasteiger partial charge in [-0.3, -0.25) is 9.52 Å². The summed E-state index contributed by atoms with van der Waals surface area (Å²) in [4.78, 5) is 16.9. The van der Waals surface area contributed by atoms with Gasteiger partial charge >= 0.3 is 0 Å². The van der Waals surface area contributed by atoms with Crippen LogP contribution in [0.2, 0.25) is 0 Å². The molecule has 0 unspecified atom stereocenters. The minimum atomic E-state index is -3.59. The molecule has 29 heavy (non-hydrogen) atoms. The first-order chi connectivity index (χ1) is 13.8. The lowest BCUT2D eigenvalue weighted by molar-refractivity contribution is 0.558. The van der Waals surface area contributed by atoms with E-state index in [9.17, 15) is 17.6 Å². The Balaban J connectivity index is 1.85. The third-order valence-corrected chi connectivity index (χ3v) is 6.88. The first-order valence-corrected chi connectivity index (χ1v) is 10.7. The van der Waals surface area contributed by atoms with Crippen LogP contribution < -0.4 is 10.3 Å². The van der Waals surface area contributed by atoms with Crippen LogP contribution in [0, 0.1) is 12.7 Å². The number of anilines is 1. The van der Waals surface area contributed by atoms with E-state index in [0.29, 0.717) is 29.8 Å². The average Bonchev–Trinajstić information content (AvgIpc) is 3.40. The summed E-state index contributed by atoms with van der Waals surface area (Å²) in [7, 11) is -2.06. The standard InChI is InChI=1S/C20H20FN3O4S/c1-12-3-4-13(16(21)7-12)8-19-17(23-29(26,27)14-5-6-14)9-15(20(25)24(19)2)18-10-28-11-22-18/h3-4,7,9-11,14,23H,5-6,8H2,1-2H3. The van der Waals surface area contributed by atoms with Gasteiger partial charge in [0.15, 0.2) is 6.39 Å². The maximum atomic E-state index is 14.4. The van der Waals surface area contributed by atoms with Crippen LogP contribution in [0.5, 0.6) is 0 Å². The van der Waals surface area contributed by atoms with Crippen molar-refractivity contribution in [2.24, 2.45) is 7.05 Å². The molecule has 0 radical (unpaired) electrons. The summed E-state index contributed by atoms with van der Waals surface area (Å²) >= 11 is 0. The molecule has 0 spiro atoms. The number of pyridine rings is 1. The smallest absolute Gasteiger partial charge is 0.260 e. The van der Waals surface area contributed by atoms with E-state index in [4.69, 9.17) is 4.42 Å². The van der Waals surface area contributed by atoms with Crippen LogP contribution in [-0.4, -0.2) is 23.2 Å². The number of benzene rings is 1. The van der Waals surface area contributed by atoms with Crippen molar-refractivity contribution in [1.82, 2.24) is 9.55 Å². The molecule has 1 N–H and O–H groups in total. The molecule has 0 amide bonds. The Labute approximate surface area is 167 Å². The van der Waals surface area contributed by atoms with Gasteiger partial charge in [-0.2, -0.15) is 0 Å². The Morgan fingerprint density at radius 1 is 1.31 bits per heavy atom. The minimum absolute atomic E-state index is 0.0550. The summed E-state index contributed by atoms with van der Waals surface area (Å²) in [5.41, 5.74) is 1.86. The van der Waals surface area contributed by atoms with Crippen LogP contribution in [0.1, 0.15) is 29.7 Å². The number of nitrogens with zero attached hydrogens (tertiary/aromatic N) is 2. The van der Waals surface area contributed by atoms with Crippen LogP contribution >= 0.6 is 0 Å². The zero-order chi connectivity index (χ0) is 20.8. The van der Waals surface area contributed by atoms with Crippen molar-refractivity contribution < 1.29 is 17.2 Å². The molecule has 7 nitrogen and oxygen atoms in total. The van der Waals surface area contributed by atoms with Crippen LogP contribution in [0.4, 0.5) is 10.1 Å². The molecular weight excluding hydrogens is 397 g/mol. The average molecular weight is 417 g/mol. The van der Waals surface area contributed by atoms with E-state index >= 15 is 0 Å². The van der Waals surface area contributed by atoms with E-state index in [2.05, 4.69) is 9.71 Å². The highest BCUT2D eigenvalue weighted by Crippen LogP contribution is 2.32. The Kier molecular flexibility index (Phi) is 4.77. The molecule has 1 aliphatic carbocycles. The highest BCUT2D eigenvalue weighted by Gasteiger charge is 2.36. The molecule has 1 saturated carbocycles. The van der Waals surface area contributed by atoms with Gasteiger partial charge in [0.25, 0.3) is 5.56 Å². The van der Waals surface area contributed by atoms with Crippen LogP contribution in [0.3, 0.4) is 0 Å². The van der Waals surface area contributed by atoms with Crippen LogP contribution in [0.25, 0.3) is 11.3 Å². The van der Waals surface area contributed by atoms with E-state index in [-0.39, 0.29) is 23.2 Å². The minimum Gasteiger partial charge on any atom is -0.451 e.